The van der Waals surface area contributed by atoms with Gasteiger partial charge in [0, 0.05) is 12.8 Å². The summed E-state index contributed by atoms with van der Waals surface area (Å²) < 4.78 is 30.5. The number of hydrogen-bond donors (Lipinski definition) is 2. The van der Waals surface area contributed by atoms with Crippen LogP contribution in [0, 0.1) is 0 Å². The van der Waals surface area contributed by atoms with Crippen LogP contribution in [0.4, 0.5) is 0 Å². The molecule has 0 radical (unpaired) electrons. The van der Waals surface area contributed by atoms with Crippen LogP contribution in [0.25, 0.3) is 0 Å². The molecule has 3 atom stereocenters. The summed E-state index contributed by atoms with van der Waals surface area (Å²) in [4.78, 5) is 37.6. The van der Waals surface area contributed by atoms with Crippen LogP contribution in [-0.4, -0.2) is 74.3 Å². The van der Waals surface area contributed by atoms with E-state index >= 15 is 0 Å². The monoisotopic (exact) mass is 1050 g/mol. The second-order valence-corrected chi connectivity index (χ2v) is 21.5. The highest BCUT2D eigenvalue weighted by atomic mass is 31.2. The van der Waals surface area contributed by atoms with Gasteiger partial charge in [-0.05, 0) is 109 Å². The number of esters is 1. The van der Waals surface area contributed by atoms with E-state index in [0.717, 1.165) is 116 Å². The van der Waals surface area contributed by atoms with E-state index in [1.807, 2.05) is 45.4 Å². The fourth-order valence-corrected chi connectivity index (χ4v) is 8.16. The summed E-state index contributed by atoms with van der Waals surface area (Å²) in [6, 6.07) is -0.905. The molecule has 420 valence electrons. The molecule has 0 saturated carbocycles. The van der Waals surface area contributed by atoms with Crippen molar-refractivity contribution in [1.82, 2.24) is 5.32 Å². The molecule has 2 N–H and O–H groups in total. The molecule has 10 heteroatoms. The standard InChI is InChI=1S/C64H107N2O7P/c1-7-10-13-16-19-22-25-27-29-31-32-33-34-35-37-39-42-45-48-51-54-57-64(68)73-62(55-52-49-46-43-40-24-21-18-15-12-9-3)61(60-72-74(69,70)71-59-58-66(4,5)6)65-63(67)56-53-50-47-44-41-38-36-30-28-26-23-20-17-14-11-8-2/h10-11,13-14,19-20,22-23,27-30,32-33,35,37-38,41,47,50,52,55,61-62H,7-9,12,15-18,21,24-26,31,34,36,39-40,42-46,48-49,51,53-54,56-60H2,1-6H3,(H-,65,67,69,70)/p+1/b13-10-,14-11+,22-19-,23-20+,29-27-,30-28+,33-32-,37-35-,41-38+,50-47+,55-52+. The molecular weight excluding hydrogens is 940 g/mol. The molecule has 3 unspecified atom stereocenters. The van der Waals surface area contributed by atoms with Gasteiger partial charge in [-0.3, -0.25) is 18.6 Å². The minimum atomic E-state index is -4.48. The van der Waals surface area contributed by atoms with Gasteiger partial charge < -0.3 is 19.4 Å². The van der Waals surface area contributed by atoms with Gasteiger partial charge in [0.1, 0.15) is 19.3 Å². The van der Waals surface area contributed by atoms with E-state index in [1.54, 1.807) is 0 Å². The molecule has 0 aliphatic rings. The van der Waals surface area contributed by atoms with Crippen LogP contribution in [0.3, 0.4) is 0 Å². The number of quaternary nitrogens is 1. The maximum atomic E-state index is 13.5. The minimum absolute atomic E-state index is 0.0159. The Bertz CT molecular complexity index is 1730. The zero-order chi connectivity index (χ0) is 54.3. The van der Waals surface area contributed by atoms with E-state index in [-0.39, 0.29) is 37.9 Å². The molecule has 9 nitrogen and oxygen atoms in total. The normalized spacial score (nSPS) is 14.7. The number of nitrogens with one attached hydrogen (secondary N) is 1. The van der Waals surface area contributed by atoms with Crippen molar-refractivity contribution in [3.8, 4) is 0 Å². The zero-order valence-corrected chi connectivity index (χ0v) is 48.7. The van der Waals surface area contributed by atoms with Gasteiger partial charge in [-0.1, -0.05) is 219 Å². The molecular formula is C64H108N2O7P+. The van der Waals surface area contributed by atoms with Crippen LogP contribution < -0.4 is 5.32 Å². The summed E-state index contributed by atoms with van der Waals surface area (Å²) >= 11 is 0. The van der Waals surface area contributed by atoms with Crippen molar-refractivity contribution in [1.29, 1.82) is 0 Å². The summed E-state index contributed by atoms with van der Waals surface area (Å²) in [6.45, 7) is 6.67. The average Bonchev–Trinajstić information content (AvgIpc) is 3.36. The van der Waals surface area contributed by atoms with Gasteiger partial charge in [0.05, 0.1) is 33.8 Å². The summed E-state index contributed by atoms with van der Waals surface area (Å²) in [6.07, 6.45) is 74.7. The van der Waals surface area contributed by atoms with E-state index in [1.165, 1.54) is 44.9 Å². The molecule has 0 fully saturated rings. The Morgan fingerprint density at radius 2 is 0.878 bits per heavy atom. The number of ether oxygens (including phenoxy) is 1. The first kappa shape index (κ1) is 70.1. The van der Waals surface area contributed by atoms with E-state index in [2.05, 4.69) is 135 Å². The van der Waals surface area contributed by atoms with Gasteiger partial charge in [0.15, 0.2) is 0 Å². The van der Waals surface area contributed by atoms with E-state index in [0.29, 0.717) is 23.9 Å². The number of phosphoric acid groups is 1. The number of allylic oxidation sites excluding steroid dienone is 21. The second kappa shape index (κ2) is 52.6. The fourth-order valence-electron chi connectivity index (χ4n) is 7.42. The summed E-state index contributed by atoms with van der Waals surface area (Å²) in [5.74, 6) is -0.637. The lowest BCUT2D eigenvalue weighted by atomic mass is 10.1. The van der Waals surface area contributed by atoms with Crippen LogP contribution in [0.5, 0.6) is 0 Å². The van der Waals surface area contributed by atoms with E-state index in [9.17, 15) is 19.0 Å². The number of rotatable bonds is 50. The molecule has 0 bridgehead atoms. The van der Waals surface area contributed by atoms with Crippen molar-refractivity contribution in [2.45, 2.75) is 219 Å². The van der Waals surface area contributed by atoms with Crippen molar-refractivity contribution in [2.75, 3.05) is 40.9 Å². The average molecular weight is 1050 g/mol. The van der Waals surface area contributed by atoms with E-state index in [4.69, 9.17) is 13.8 Å². The summed E-state index contributed by atoms with van der Waals surface area (Å²) in [5, 5.41) is 2.99. The van der Waals surface area contributed by atoms with Gasteiger partial charge in [0.2, 0.25) is 5.91 Å². The molecule has 0 aromatic rings. The lowest BCUT2D eigenvalue weighted by Gasteiger charge is -2.27. The molecule has 1 amide bonds. The lowest BCUT2D eigenvalue weighted by molar-refractivity contribution is -0.870. The molecule has 0 aliphatic heterocycles. The molecule has 0 saturated heterocycles. The zero-order valence-electron chi connectivity index (χ0n) is 47.8. The first-order chi connectivity index (χ1) is 35.9. The number of unbranched alkanes of at least 4 members (excludes halogenated alkanes) is 14. The minimum Gasteiger partial charge on any atom is -0.456 e. The quantitative estimate of drug-likeness (QED) is 0.0205. The topological polar surface area (TPSA) is 111 Å². The highest BCUT2D eigenvalue weighted by Crippen LogP contribution is 2.43. The van der Waals surface area contributed by atoms with Crippen molar-refractivity contribution in [3.05, 3.63) is 134 Å². The third-order valence-corrected chi connectivity index (χ3v) is 12.8. The Kier molecular flexibility index (Phi) is 49.8. The number of likely N-dealkylation sites (N-methyl/N-ethyl adjacent to an activating group) is 1. The third-order valence-electron chi connectivity index (χ3n) is 11.8. The van der Waals surface area contributed by atoms with Crippen molar-refractivity contribution < 1.29 is 37.3 Å². The number of carbonyl (C=O) groups is 2. The number of phosphoric ester groups is 1. The molecule has 0 rings (SSSR count). The Balaban J connectivity index is 5.43. The van der Waals surface area contributed by atoms with Crippen LogP contribution >= 0.6 is 7.82 Å². The van der Waals surface area contributed by atoms with Gasteiger partial charge in [0.25, 0.3) is 0 Å². The Morgan fingerprint density at radius 3 is 1.32 bits per heavy atom. The van der Waals surface area contributed by atoms with Crippen molar-refractivity contribution in [3.63, 3.8) is 0 Å². The molecule has 74 heavy (non-hydrogen) atoms. The number of nitrogens with zero attached hydrogens (tertiary/aromatic N) is 1. The highest BCUT2D eigenvalue weighted by Gasteiger charge is 2.30. The predicted molar refractivity (Wildman–Crippen MR) is 318 cm³/mol. The van der Waals surface area contributed by atoms with Crippen molar-refractivity contribution >= 4 is 19.7 Å². The Hall–Kier alpha value is -3.85. The molecule has 0 aromatic heterocycles. The Morgan fingerprint density at radius 1 is 0.486 bits per heavy atom. The van der Waals surface area contributed by atoms with E-state index < -0.39 is 20.0 Å². The van der Waals surface area contributed by atoms with Crippen LogP contribution in [0.15, 0.2) is 134 Å². The van der Waals surface area contributed by atoms with Gasteiger partial charge in [-0.2, -0.15) is 0 Å². The lowest BCUT2D eigenvalue weighted by Crippen LogP contribution is -2.47. The predicted octanol–water partition coefficient (Wildman–Crippen LogP) is 17.7. The summed E-state index contributed by atoms with van der Waals surface area (Å²) in [5.41, 5.74) is 0. The van der Waals surface area contributed by atoms with Crippen LogP contribution in [-0.2, 0) is 27.9 Å². The Labute approximate surface area is 454 Å². The second-order valence-electron chi connectivity index (χ2n) is 20.0. The molecule has 0 aliphatic carbocycles. The van der Waals surface area contributed by atoms with Gasteiger partial charge >= 0.3 is 13.8 Å². The van der Waals surface area contributed by atoms with Crippen molar-refractivity contribution in [2.24, 2.45) is 0 Å². The SMILES string of the molecule is CC/C=C\C/C=C\C/C=C\C/C=C\C/C=C\CCCCCCCC(=O)OC(/C=C/CCCCCCCCCCC)C(COP(=O)(O)OCC[N+](C)(C)C)NC(=O)CC/C=C/C/C=C/C/C=C/C/C=C/C/C=C/CC. The first-order valence-electron chi connectivity index (χ1n) is 29.0. The fraction of sp³-hybridized carbons (Fsp3) is 0.625. The number of amides is 1. The molecule has 0 aromatic carbocycles. The third kappa shape index (κ3) is 53.0. The largest absolute Gasteiger partial charge is 0.472 e. The van der Waals surface area contributed by atoms with Crippen LogP contribution in [0.2, 0.25) is 0 Å². The smallest absolute Gasteiger partial charge is 0.456 e. The maximum Gasteiger partial charge on any atom is 0.472 e. The number of carbonyl (C=O) groups excluding carboxylic acids is 2. The molecule has 0 heterocycles. The van der Waals surface area contributed by atoms with Gasteiger partial charge in [-0.15, -0.1) is 0 Å². The number of hydrogen-bond acceptors (Lipinski definition) is 6. The summed E-state index contributed by atoms with van der Waals surface area (Å²) in [7, 11) is 1.42. The van der Waals surface area contributed by atoms with Crippen LogP contribution in [0.1, 0.15) is 207 Å². The maximum absolute atomic E-state index is 13.5. The van der Waals surface area contributed by atoms with Gasteiger partial charge in [-0.25, -0.2) is 4.57 Å². The first-order valence-corrected chi connectivity index (χ1v) is 30.5. The highest BCUT2D eigenvalue weighted by molar-refractivity contribution is 7.47. The molecule has 0 spiro atoms.